The first-order valence-corrected chi connectivity index (χ1v) is 6.91. The molecular weight excluding hydrogens is 313 g/mol. The maximum Gasteiger partial charge on any atom is 0.419 e. The third-order valence-electron chi connectivity index (χ3n) is 3.07. The van der Waals surface area contributed by atoms with E-state index < -0.39 is 17.8 Å². The molecule has 1 atom stereocenters. The van der Waals surface area contributed by atoms with E-state index >= 15 is 0 Å². The number of rotatable bonds is 7. The summed E-state index contributed by atoms with van der Waals surface area (Å²) in [7, 11) is 1.75. The number of nitrogens with zero attached hydrogens (tertiary/aromatic N) is 2. The van der Waals surface area contributed by atoms with E-state index in [1.165, 1.54) is 24.5 Å². The molecule has 1 aromatic carbocycles. The van der Waals surface area contributed by atoms with Crippen molar-refractivity contribution in [3.63, 3.8) is 0 Å². The van der Waals surface area contributed by atoms with E-state index in [0.717, 1.165) is 6.07 Å². The second-order valence-corrected chi connectivity index (χ2v) is 5.15. The number of aromatic nitrogens is 1. The van der Waals surface area contributed by atoms with Crippen molar-refractivity contribution in [3.05, 3.63) is 47.9 Å². The molecule has 0 radical (unpaired) electrons. The maximum absolute atomic E-state index is 12.8. The third-order valence-corrected chi connectivity index (χ3v) is 3.07. The first kappa shape index (κ1) is 17.3. The van der Waals surface area contributed by atoms with Crippen LogP contribution in [0.15, 0.2) is 41.1 Å². The highest BCUT2D eigenvalue weighted by Gasteiger charge is 2.34. The smallest absolute Gasteiger partial charge is 0.419 e. The molecule has 0 aliphatic heterocycles. The summed E-state index contributed by atoms with van der Waals surface area (Å²) in [6.07, 6.45) is -3.99. The summed E-state index contributed by atoms with van der Waals surface area (Å²) in [5, 5.41) is 13.7. The van der Waals surface area contributed by atoms with Gasteiger partial charge in [-0.3, -0.25) is 4.90 Å². The van der Waals surface area contributed by atoms with Crippen molar-refractivity contribution in [3.8, 4) is 5.75 Å². The van der Waals surface area contributed by atoms with Crippen molar-refractivity contribution in [1.29, 1.82) is 0 Å². The van der Waals surface area contributed by atoms with E-state index in [2.05, 4.69) is 5.16 Å². The van der Waals surface area contributed by atoms with Crippen LogP contribution < -0.4 is 4.74 Å². The van der Waals surface area contributed by atoms with Gasteiger partial charge in [-0.15, -0.1) is 0 Å². The first-order valence-electron chi connectivity index (χ1n) is 6.91. The van der Waals surface area contributed by atoms with Crippen molar-refractivity contribution in [2.45, 2.75) is 18.8 Å². The van der Waals surface area contributed by atoms with Crippen LogP contribution in [0.1, 0.15) is 11.3 Å². The molecule has 23 heavy (non-hydrogen) atoms. The Bertz CT molecular complexity index is 602. The van der Waals surface area contributed by atoms with Gasteiger partial charge in [-0.2, -0.15) is 13.2 Å². The summed E-state index contributed by atoms with van der Waals surface area (Å²) in [6, 6.07) is 6.61. The highest BCUT2D eigenvalue weighted by Crippen LogP contribution is 2.35. The Morgan fingerprint density at radius 3 is 2.70 bits per heavy atom. The van der Waals surface area contributed by atoms with Gasteiger partial charge in [0.15, 0.2) is 0 Å². The maximum atomic E-state index is 12.8. The lowest BCUT2D eigenvalue weighted by Crippen LogP contribution is -2.33. The lowest BCUT2D eigenvalue weighted by molar-refractivity contribution is -0.139. The van der Waals surface area contributed by atoms with E-state index in [1.807, 2.05) is 0 Å². The van der Waals surface area contributed by atoms with E-state index in [-0.39, 0.29) is 18.9 Å². The Morgan fingerprint density at radius 1 is 1.30 bits per heavy atom. The van der Waals surface area contributed by atoms with Crippen LogP contribution in [-0.4, -0.2) is 41.5 Å². The van der Waals surface area contributed by atoms with Gasteiger partial charge in [0.05, 0.1) is 11.3 Å². The molecule has 1 heterocycles. The van der Waals surface area contributed by atoms with Crippen molar-refractivity contribution in [2.75, 3.05) is 20.2 Å². The number of ether oxygens (including phenoxy) is 1. The molecule has 126 valence electrons. The third kappa shape index (κ3) is 5.26. The van der Waals surface area contributed by atoms with Crippen LogP contribution in [0, 0.1) is 0 Å². The number of hydrogen-bond acceptors (Lipinski definition) is 5. The van der Waals surface area contributed by atoms with E-state index in [0.29, 0.717) is 12.2 Å². The monoisotopic (exact) mass is 330 g/mol. The van der Waals surface area contributed by atoms with Crippen molar-refractivity contribution >= 4 is 0 Å². The number of aliphatic hydroxyl groups excluding tert-OH is 1. The summed E-state index contributed by atoms with van der Waals surface area (Å²) in [4.78, 5) is 1.77. The van der Waals surface area contributed by atoms with Crippen LogP contribution in [0.4, 0.5) is 13.2 Å². The number of halogens is 3. The molecule has 0 saturated carbocycles. The summed E-state index contributed by atoms with van der Waals surface area (Å²) < 4.78 is 48.3. The minimum absolute atomic E-state index is 0.223. The van der Waals surface area contributed by atoms with Crippen LogP contribution in [-0.2, 0) is 12.7 Å². The van der Waals surface area contributed by atoms with Gasteiger partial charge in [-0.25, -0.2) is 0 Å². The predicted octanol–water partition coefficient (Wildman–Crippen LogP) is 2.57. The number of para-hydroxylation sites is 1. The normalized spacial score (nSPS) is 13.3. The molecule has 0 fully saturated rings. The van der Waals surface area contributed by atoms with Gasteiger partial charge in [0.2, 0.25) is 0 Å². The standard InChI is InChI=1S/C15H17F3N2O3/c1-20(8-11-6-7-23-19-11)9-12(21)10-22-14-5-3-2-4-13(14)15(16,17)18/h2-7,12,21H,8-10H2,1H3. The molecule has 0 aliphatic rings. The lowest BCUT2D eigenvalue weighted by atomic mass is 10.2. The molecule has 2 rings (SSSR count). The number of aliphatic hydroxyl groups is 1. The second-order valence-electron chi connectivity index (χ2n) is 5.15. The lowest BCUT2D eigenvalue weighted by Gasteiger charge is -2.20. The highest BCUT2D eigenvalue weighted by atomic mass is 19.4. The van der Waals surface area contributed by atoms with E-state index in [9.17, 15) is 18.3 Å². The molecule has 2 aromatic rings. The fourth-order valence-corrected chi connectivity index (χ4v) is 2.09. The highest BCUT2D eigenvalue weighted by molar-refractivity contribution is 5.35. The first-order chi connectivity index (χ1) is 10.9. The molecule has 0 saturated heterocycles. The van der Waals surface area contributed by atoms with Crippen LogP contribution in [0.25, 0.3) is 0 Å². The second kappa shape index (κ2) is 7.47. The zero-order valence-corrected chi connectivity index (χ0v) is 12.5. The van der Waals surface area contributed by atoms with Gasteiger partial charge in [0.25, 0.3) is 0 Å². The SMILES string of the molecule is CN(Cc1ccon1)CC(O)COc1ccccc1C(F)(F)F. The van der Waals surface area contributed by atoms with Crippen molar-refractivity contribution in [1.82, 2.24) is 10.1 Å². The summed E-state index contributed by atoms with van der Waals surface area (Å²) in [5.41, 5.74) is -0.161. The quantitative estimate of drug-likeness (QED) is 0.845. The van der Waals surface area contributed by atoms with Crippen LogP contribution >= 0.6 is 0 Å². The van der Waals surface area contributed by atoms with E-state index in [4.69, 9.17) is 9.26 Å². The molecule has 1 N–H and O–H groups in total. The molecule has 0 amide bonds. The van der Waals surface area contributed by atoms with Gasteiger partial charge in [-0.1, -0.05) is 17.3 Å². The van der Waals surface area contributed by atoms with Crippen molar-refractivity contribution < 1.29 is 27.5 Å². The summed E-state index contributed by atoms with van der Waals surface area (Å²) >= 11 is 0. The molecule has 8 heteroatoms. The minimum atomic E-state index is -4.49. The Hall–Kier alpha value is -2.06. The average molecular weight is 330 g/mol. The van der Waals surface area contributed by atoms with Gasteiger partial charge in [-0.05, 0) is 19.2 Å². The molecule has 1 unspecified atom stereocenters. The number of hydrogen-bond donors (Lipinski definition) is 1. The van der Waals surface area contributed by atoms with Gasteiger partial charge < -0.3 is 14.4 Å². The Morgan fingerprint density at radius 2 is 2.04 bits per heavy atom. The topological polar surface area (TPSA) is 58.7 Å². The van der Waals surface area contributed by atoms with Gasteiger partial charge in [0, 0.05) is 19.2 Å². The Balaban J connectivity index is 1.86. The summed E-state index contributed by atoms with van der Waals surface area (Å²) in [5.74, 6) is -0.293. The predicted molar refractivity (Wildman–Crippen MR) is 75.8 cm³/mol. The molecule has 5 nitrogen and oxygen atoms in total. The zero-order valence-electron chi connectivity index (χ0n) is 12.5. The van der Waals surface area contributed by atoms with Crippen LogP contribution in [0.2, 0.25) is 0 Å². The Kier molecular flexibility index (Phi) is 5.62. The van der Waals surface area contributed by atoms with E-state index in [1.54, 1.807) is 18.0 Å². The van der Waals surface area contributed by atoms with Gasteiger partial charge in [0.1, 0.15) is 24.7 Å². The molecule has 1 aromatic heterocycles. The summed E-state index contributed by atoms with van der Waals surface area (Å²) in [6.45, 7) is 0.435. The molecule has 0 aliphatic carbocycles. The average Bonchev–Trinajstić information content (AvgIpc) is 2.97. The largest absolute Gasteiger partial charge is 0.490 e. The fourth-order valence-electron chi connectivity index (χ4n) is 2.09. The van der Waals surface area contributed by atoms with Gasteiger partial charge >= 0.3 is 6.18 Å². The fraction of sp³-hybridized carbons (Fsp3) is 0.400. The van der Waals surface area contributed by atoms with Crippen molar-refractivity contribution in [2.24, 2.45) is 0 Å². The molecule has 0 spiro atoms. The van der Waals surface area contributed by atoms with Crippen LogP contribution in [0.3, 0.4) is 0 Å². The zero-order chi connectivity index (χ0) is 16.9. The Labute approximate surface area is 131 Å². The molecule has 0 bridgehead atoms. The number of likely N-dealkylation sites (N-methyl/N-ethyl adjacent to an activating group) is 1. The van der Waals surface area contributed by atoms with Crippen LogP contribution in [0.5, 0.6) is 5.75 Å². The minimum Gasteiger partial charge on any atom is -0.490 e. The molecular formula is C15H17F3N2O3. The number of benzene rings is 1. The number of alkyl halides is 3.